The van der Waals surface area contributed by atoms with Crippen LogP contribution in [0.15, 0.2) is 48.5 Å². The molecule has 2 aromatic carbocycles. The summed E-state index contributed by atoms with van der Waals surface area (Å²) in [6.45, 7) is 0.523. The van der Waals surface area contributed by atoms with Crippen molar-refractivity contribution < 1.29 is 14.3 Å². The summed E-state index contributed by atoms with van der Waals surface area (Å²) in [4.78, 5) is 11.8. The minimum Gasteiger partial charge on any atom is -0.484 e. The Morgan fingerprint density at radius 1 is 0.789 bits per heavy atom. The Morgan fingerprint density at radius 2 is 1.47 bits per heavy atom. The summed E-state index contributed by atoms with van der Waals surface area (Å²) in [6.07, 6.45) is 0. The average Bonchev–Trinajstić information content (AvgIpc) is 3.01. The molecule has 0 unspecified atom stereocenters. The van der Waals surface area contributed by atoms with E-state index in [1.54, 1.807) is 6.07 Å². The Labute approximate surface area is 110 Å². The summed E-state index contributed by atoms with van der Waals surface area (Å²) in [7, 11) is 0. The van der Waals surface area contributed by atoms with Gasteiger partial charge in [0.25, 0.3) is 0 Å². The van der Waals surface area contributed by atoms with Crippen molar-refractivity contribution in [2.24, 2.45) is 0 Å². The molecule has 0 saturated carbocycles. The van der Waals surface area contributed by atoms with E-state index in [0.717, 1.165) is 16.7 Å². The molecule has 92 valence electrons. The van der Waals surface area contributed by atoms with Gasteiger partial charge in [-0.05, 0) is 6.07 Å². The molecular weight excluding hydrogens is 240 g/mol. The molecule has 0 aromatic heterocycles. The second-order valence-corrected chi connectivity index (χ2v) is 4.54. The average molecular weight is 250 g/mol. The molecule has 0 saturated heterocycles. The molecule has 0 spiro atoms. The third-order valence-electron chi connectivity index (χ3n) is 3.43. The van der Waals surface area contributed by atoms with E-state index in [0.29, 0.717) is 23.7 Å². The van der Waals surface area contributed by atoms with Gasteiger partial charge in [-0.25, -0.2) is 4.79 Å². The first-order valence-electron chi connectivity index (χ1n) is 6.11. The normalized spacial score (nSPS) is 19.7. The molecule has 0 radical (unpaired) electrons. The lowest BCUT2D eigenvalue weighted by Crippen LogP contribution is -1.93. The van der Waals surface area contributed by atoms with Crippen molar-refractivity contribution in [1.82, 2.24) is 0 Å². The molecule has 0 fully saturated rings. The molecule has 19 heavy (non-hydrogen) atoms. The summed E-state index contributed by atoms with van der Waals surface area (Å²) in [5.74, 6) is 0.880. The van der Waals surface area contributed by atoms with Crippen LogP contribution in [0.2, 0.25) is 0 Å². The predicted molar refractivity (Wildman–Crippen MR) is 69.9 cm³/mol. The molecule has 3 nitrogen and oxygen atoms in total. The standard InChI is InChI=1S/C16H10O3/c17-16-13-8-4-3-7-12(13)15(19-16)14-11-6-2-1-5-10(11)9-18-14/h1-8H,9H2/b15-14+. The Morgan fingerprint density at radius 3 is 2.32 bits per heavy atom. The zero-order valence-corrected chi connectivity index (χ0v) is 10.1. The number of hydrogen-bond donors (Lipinski definition) is 0. The van der Waals surface area contributed by atoms with Crippen molar-refractivity contribution in [2.45, 2.75) is 6.61 Å². The second-order valence-electron chi connectivity index (χ2n) is 4.54. The minimum atomic E-state index is -0.314. The first-order chi connectivity index (χ1) is 9.34. The van der Waals surface area contributed by atoms with Crippen LogP contribution in [-0.2, 0) is 16.1 Å². The maximum absolute atomic E-state index is 11.8. The molecule has 4 rings (SSSR count). The number of carbonyl (C=O) groups is 1. The topological polar surface area (TPSA) is 35.5 Å². The lowest BCUT2D eigenvalue weighted by atomic mass is 10.0. The van der Waals surface area contributed by atoms with E-state index >= 15 is 0 Å². The van der Waals surface area contributed by atoms with Crippen LogP contribution in [0, 0.1) is 0 Å². The molecule has 2 aromatic rings. The molecular formula is C16H10O3. The number of rotatable bonds is 0. The van der Waals surface area contributed by atoms with E-state index in [-0.39, 0.29) is 5.97 Å². The molecule has 0 atom stereocenters. The van der Waals surface area contributed by atoms with Gasteiger partial charge >= 0.3 is 5.97 Å². The quantitative estimate of drug-likeness (QED) is 0.673. The van der Waals surface area contributed by atoms with Crippen LogP contribution in [0.3, 0.4) is 0 Å². The summed E-state index contributed by atoms with van der Waals surface area (Å²) < 4.78 is 11.1. The number of hydrogen-bond acceptors (Lipinski definition) is 3. The first kappa shape index (κ1) is 10.4. The lowest BCUT2D eigenvalue weighted by Gasteiger charge is -2.04. The number of fused-ring (bicyclic) bond motifs is 2. The fraction of sp³-hybridized carbons (Fsp3) is 0.0625. The van der Waals surface area contributed by atoms with Crippen LogP contribution in [0.4, 0.5) is 0 Å². The lowest BCUT2D eigenvalue weighted by molar-refractivity contribution is 0.0712. The van der Waals surface area contributed by atoms with Crippen molar-refractivity contribution in [2.75, 3.05) is 0 Å². The molecule has 0 bridgehead atoms. The van der Waals surface area contributed by atoms with Gasteiger partial charge in [-0.1, -0.05) is 42.5 Å². The van der Waals surface area contributed by atoms with E-state index in [1.807, 2.05) is 42.5 Å². The summed E-state index contributed by atoms with van der Waals surface area (Å²) in [5.41, 5.74) is 3.52. The highest BCUT2D eigenvalue weighted by Gasteiger charge is 2.32. The smallest absolute Gasteiger partial charge is 0.344 e. The Kier molecular flexibility index (Phi) is 2.03. The third-order valence-corrected chi connectivity index (χ3v) is 3.43. The fourth-order valence-corrected chi connectivity index (χ4v) is 2.51. The van der Waals surface area contributed by atoms with Crippen molar-refractivity contribution in [3.8, 4) is 0 Å². The first-order valence-corrected chi connectivity index (χ1v) is 6.11. The summed E-state index contributed by atoms with van der Waals surface area (Å²) in [5, 5.41) is 0. The largest absolute Gasteiger partial charge is 0.484 e. The number of benzene rings is 2. The van der Waals surface area contributed by atoms with Crippen molar-refractivity contribution in [3.05, 3.63) is 70.8 Å². The van der Waals surface area contributed by atoms with Crippen LogP contribution < -0.4 is 0 Å². The zero-order valence-electron chi connectivity index (χ0n) is 10.1. The zero-order chi connectivity index (χ0) is 12.8. The Bertz CT molecular complexity index is 728. The SMILES string of the molecule is O=C1O/C(=C2/OCc3ccccc32)c2ccccc21. The molecule has 2 aliphatic heterocycles. The second kappa shape index (κ2) is 3.72. The van der Waals surface area contributed by atoms with Crippen molar-refractivity contribution in [3.63, 3.8) is 0 Å². The van der Waals surface area contributed by atoms with Crippen LogP contribution in [0.5, 0.6) is 0 Å². The summed E-state index contributed by atoms with van der Waals surface area (Å²) >= 11 is 0. The van der Waals surface area contributed by atoms with Gasteiger partial charge < -0.3 is 9.47 Å². The van der Waals surface area contributed by atoms with Gasteiger partial charge in [-0.2, -0.15) is 0 Å². The highest BCUT2D eigenvalue weighted by atomic mass is 16.6. The number of esters is 1. The highest BCUT2D eigenvalue weighted by molar-refractivity contribution is 6.07. The Balaban J connectivity index is 1.96. The highest BCUT2D eigenvalue weighted by Crippen LogP contribution is 2.40. The maximum Gasteiger partial charge on any atom is 0.344 e. The molecule has 3 heteroatoms. The molecule has 2 heterocycles. The van der Waals surface area contributed by atoms with Gasteiger partial charge in [0.15, 0.2) is 11.5 Å². The van der Waals surface area contributed by atoms with Crippen LogP contribution >= 0.6 is 0 Å². The van der Waals surface area contributed by atoms with Crippen molar-refractivity contribution in [1.29, 1.82) is 0 Å². The van der Waals surface area contributed by atoms with E-state index in [1.165, 1.54) is 0 Å². The number of ether oxygens (including phenoxy) is 2. The predicted octanol–water partition coefficient (Wildman–Crippen LogP) is 3.21. The van der Waals surface area contributed by atoms with Gasteiger partial charge in [-0.15, -0.1) is 0 Å². The third kappa shape index (κ3) is 1.41. The number of cyclic esters (lactones) is 1. The maximum atomic E-state index is 11.8. The van der Waals surface area contributed by atoms with E-state index in [9.17, 15) is 4.79 Å². The molecule has 0 aliphatic carbocycles. The van der Waals surface area contributed by atoms with E-state index in [2.05, 4.69) is 0 Å². The monoisotopic (exact) mass is 250 g/mol. The van der Waals surface area contributed by atoms with Gasteiger partial charge in [-0.3, -0.25) is 0 Å². The van der Waals surface area contributed by atoms with Gasteiger partial charge in [0.2, 0.25) is 0 Å². The van der Waals surface area contributed by atoms with E-state index in [4.69, 9.17) is 9.47 Å². The summed E-state index contributed by atoms with van der Waals surface area (Å²) in [6, 6.07) is 15.3. The molecule has 0 N–H and O–H groups in total. The molecule has 2 aliphatic rings. The van der Waals surface area contributed by atoms with Crippen LogP contribution in [0.25, 0.3) is 11.5 Å². The van der Waals surface area contributed by atoms with Crippen LogP contribution in [0.1, 0.15) is 27.0 Å². The fourth-order valence-electron chi connectivity index (χ4n) is 2.51. The van der Waals surface area contributed by atoms with Crippen molar-refractivity contribution >= 4 is 17.5 Å². The Hall–Kier alpha value is -2.55. The van der Waals surface area contributed by atoms with Crippen LogP contribution in [-0.4, -0.2) is 5.97 Å². The van der Waals surface area contributed by atoms with E-state index < -0.39 is 0 Å². The molecule has 0 amide bonds. The van der Waals surface area contributed by atoms with Gasteiger partial charge in [0.1, 0.15) is 6.61 Å². The number of carbonyl (C=O) groups excluding carboxylic acids is 1. The van der Waals surface area contributed by atoms with Gasteiger partial charge in [0.05, 0.1) is 5.56 Å². The van der Waals surface area contributed by atoms with Gasteiger partial charge in [0, 0.05) is 16.7 Å². The minimum absolute atomic E-state index is 0.314.